The van der Waals surface area contributed by atoms with E-state index in [4.69, 9.17) is 0 Å². The standard InChI is InChI=1S/C16H25N3O3S/c1-12(2)11-17-16(20)18-14-7-6-13(3)15(10-14)19-8-4-5-9-23(19,21)22/h6-7,10,12H,4-5,8-9,11H2,1-3H3,(H2,17,18,20). The summed E-state index contributed by atoms with van der Waals surface area (Å²) in [4.78, 5) is 11.9. The van der Waals surface area contributed by atoms with Gasteiger partial charge in [0, 0.05) is 18.8 Å². The predicted octanol–water partition coefficient (Wildman–Crippen LogP) is 2.70. The smallest absolute Gasteiger partial charge is 0.319 e. The largest absolute Gasteiger partial charge is 0.338 e. The van der Waals surface area contributed by atoms with Gasteiger partial charge >= 0.3 is 6.03 Å². The zero-order chi connectivity index (χ0) is 17.0. The van der Waals surface area contributed by atoms with E-state index >= 15 is 0 Å². The molecule has 128 valence electrons. The lowest BCUT2D eigenvalue weighted by Crippen LogP contribution is -2.38. The molecule has 0 bridgehead atoms. The van der Waals surface area contributed by atoms with Crippen LogP contribution in [0.15, 0.2) is 18.2 Å². The predicted molar refractivity (Wildman–Crippen MR) is 93.4 cm³/mol. The van der Waals surface area contributed by atoms with Crippen molar-refractivity contribution in [2.45, 2.75) is 33.6 Å². The monoisotopic (exact) mass is 339 g/mol. The molecule has 2 amide bonds. The van der Waals surface area contributed by atoms with Crippen LogP contribution in [0, 0.1) is 12.8 Å². The van der Waals surface area contributed by atoms with Crippen molar-refractivity contribution in [3.63, 3.8) is 0 Å². The van der Waals surface area contributed by atoms with Crippen LogP contribution in [0.4, 0.5) is 16.2 Å². The van der Waals surface area contributed by atoms with Crippen LogP contribution in [0.5, 0.6) is 0 Å². The van der Waals surface area contributed by atoms with Crippen LogP contribution in [0.3, 0.4) is 0 Å². The number of carbonyl (C=O) groups excluding carboxylic acids is 1. The van der Waals surface area contributed by atoms with Gasteiger partial charge in [-0.25, -0.2) is 13.2 Å². The first-order valence-corrected chi connectivity index (χ1v) is 9.56. The zero-order valence-corrected chi connectivity index (χ0v) is 14.7. The number of nitrogens with one attached hydrogen (secondary N) is 2. The van der Waals surface area contributed by atoms with E-state index in [1.807, 2.05) is 26.8 Å². The Kier molecular flexibility index (Phi) is 5.51. The fraction of sp³-hybridized carbons (Fsp3) is 0.562. The Labute approximate surface area is 138 Å². The normalized spacial score (nSPS) is 17.1. The lowest BCUT2D eigenvalue weighted by molar-refractivity contribution is 0.251. The third kappa shape index (κ3) is 4.60. The van der Waals surface area contributed by atoms with Crippen molar-refractivity contribution in [3.05, 3.63) is 23.8 Å². The van der Waals surface area contributed by atoms with Crippen LogP contribution in [-0.2, 0) is 10.0 Å². The van der Waals surface area contributed by atoms with Gasteiger partial charge in [0.2, 0.25) is 10.0 Å². The lowest BCUT2D eigenvalue weighted by atomic mass is 10.1. The van der Waals surface area contributed by atoms with Crippen LogP contribution in [0.25, 0.3) is 0 Å². The summed E-state index contributed by atoms with van der Waals surface area (Å²) in [6, 6.07) is 5.06. The molecule has 1 aromatic carbocycles. The van der Waals surface area contributed by atoms with E-state index in [1.165, 1.54) is 4.31 Å². The van der Waals surface area contributed by atoms with Gasteiger partial charge in [-0.2, -0.15) is 0 Å². The molecule has 2 N–H and O–H groups in total. The SMILES string of the molecule is Cc1ccc(NC(=O)NCC(C)C)cc1N1CCCCS1(=O)=O. The first-order valence-electron chi connectivity index (χ1n) is 7.95. The number of urea groups is 1. The van der Waals surface area contributed by atoms with E-state index < -0.39 is 10.0 Å². The minimum Gasteiger partial charge on any atom is -0.338 e. The number of hydrogen-bond donors (Lipinski definition) is 2. The van der Waals surface area contributed by atoms with Crippen molar-refractivity contribution < 1.29 is 13.2 Å². The topological polar surface area (TPSA) is 78.5 Å². The van der Waals surface area contributed by atoms with Crippen LogP contribution >= 0.6 is 0 Å². The summed E-state index contributed by atoms with van der Waals surface area (Å²) in [5, 5.41) is 5.54. The number of carbonyl (C=O) groups is 1. The average molecular weight is 339 g/mol. The Hall–Kier alpha value is -1.76. The summed E-state index contributed by atoms with van der Waals surface area (Å²) < 4.78 is 26.0. The van der Waals surface area contributed by atoms with E-state index in [1.54, 1.807) is 12.1 Å². The molecule has 6 nitrogen and oxygen atoms in total. The van der Waals surface area contributed by atoms with Gasteiger partial charge in [-0.05, 0) is 43.4 Å². The first kappa shape index (κ1) is 17.6. The molecule has 0 aliphatic carbocycles. The van der Waals surface area contributed by atoms with Gasteiger partial charge in [-0.1, -0.05) is 19.9 Å². The van der Waals surface area contributed by atoms with Gasteiger partial charge < -0.3 is 10.6 Å². The molecule has 23 heavy (non-hydrogen) atoms. The zero-order valence-electron chi connectivity index (χ0n) is 13.9. The lowest BCUT2D eigenvalue weighted by Gasteiger charge is -2.29. The van der Waals surface area contributed by atoms with Crippen LogP contribution in [-0.4, -0.2) is 33.3 Å². The van der Waals surface area contributed by atoms with Gasteiger partial charge in [-0.3, -0.25) is 4.31 Å². The van der Waals surface area contributed by atoms with Crippen molar-refractivity contribution in [1.29, 1.82) is 0 Å². The molecule has 1 heterocycles. The highest BCUT2D eigenvalue weighted by atomic mass is 32.2. The minimum atomic E-state index is -3.26. The van der Waals surface area contributed by atoms with E-state index in [0.29, 0.717) is 36.8 Å². The van der Waals surface area contributed by atoms with Crippen molar-refractivity contribution in [2.24, 2.45) is 5.92 Å². The molecular weight excluding hydrogens is 314 g/mol. The second kappa shape index (κ2) is 7.21. The quantitative estimate of drug-likeness (QED) is 0.885. The highest BCUT2D eigenvalue weighted by molar-refractivity contribution is 7.92. The fourth-order valence-electron chi connectivity index (χ4n) is 2.49. The third-order valence-corrected chi connectivity index (χ3v) is 5.61. The van der Waals surface area contributed by atoms with Gasteiger partial charge in [0.25, 0.3) is 0 Å². The fourth-order valence-corrected chi connectivity index (χ4v) is 4.18. The molecule has 1 aromatic rings. The Morgan fingerprint density at radius 1 is 1.30 bits per heavy atom. The number of amides is 2. The molecule has 0 atom stereocenters. The molecule has 0 aromatic heterocycles. The summed E-state index contributed by atoms with van der Waals surface area (Å²) in [6.07, 6.45) is 1.55. The van der Waals surface area contributed by atoms with E-state index in [-0.39, 0.29) is 11.8 Å². The molecule has 0 spiro atoms. The maximum atomic E-state index is 12.3. The van der Waals surface area contributed by atoms with Crippen molar-refractivity contribution >= 4 is 27.4 Å². The highest BCUT2D eigenvalue weighted by Crippen LogP contribution is 2.29. The average Bonchev–Trinajstić information content (AvgIpc) is 2.47. The molecule has 0 saturated carbocycles. The Bertz CT molecular complexity index is 671. The van der Waals surface area contributed by atoms with Gasteiger partial charge in [0.15, 0.2) is 0 Å². The number of hydrogen-bond acceptors (Lipinski definition) is 3. The van der Waals surface area contributed by atoms with Crippen LogP contribution in [0.2, 0.25) is 0 Å². The molecule has 1 fully saturated rings. The molecule has 0 unspecified atom stereocenters. The van der Waals surface area contributed by atoms with Crippen molar-refractivity contribution in [1.82, 2.24) is 5.32 Å². The van der Waals surface area contributed by atoms with Gasteiger partial charge in [0.05, 0.1) is 11.4 Å². The Balaban J connectivity index is 2.17. The maximum absolute atomic E-state index is 12.3. The van der Waals surface area contributed by atoms with Crippen molar-refractivity contribution in [2.75, 3.05) is 28.5 Å². The van der Waals surface area contributed by atoms with Gasteiger partial charge in [-0.15, -0.1) is 0 Å². The third-order valence-electron chi connectivity index (χ3n) is 3.76. The summed E-state index contributed by atoms with van der Waals surface area (Å²) in [7, 11) is -3.26. The summed E-state index contributed by atoms with van der Waals surface area (Å²) in [5.41, 5.74) is 2.11. The van der Waals surface area contributed by atoms with Crippen LogP contribution < -0.4 is 14.9 Å². The van der Waals surface area contributed by atoms with E-state index in [0.717, 1.165) is 12.0 Å². The molecule has 1 aliphatic rings. The first-order chi connectivity index (χ1) is 10.8. The Morgan fingerprint density at radius 3 is 2.70 bits per heavy atom. The molecule has 2 rings (SSSR count). The molecule has 1 saturated heterocycles. The number of sulfonamides is 1. The van der Waals surface area contributed by atoms with E-state index in [9.17, 15) is 13.2 Å². The second-order valence-corrected chi connectivity index (χ2v) is 8.34. The number of aryl methyl sites for hydroxylation is 1. The molecule has 0 radical (unpaired) electrons. The highest BCUT2D eigenvalue weighted by Gasteiger charge is 2.27. The number of anilines is 2. The van der Waals surface area contributed by atoms with E-state index in [2.05, 4.69) is 10.6 Å². The molecule has 7 heteroatoms. The molecular formula is C16H25N3O3S. The summed E-state index contributed by atoms with van der Waals surface area (Å²) in [6.45, 7) is 7.00. The summed E-state index contributed by atoms with van der Waals surface area (Å²) >= 11 is 0. The maximum Gasteiger partial charge on any atom is 0.319 e. The van der Waals surface area contributed by atoms with Gasteiger partial charge in [0.1, 0.15) is 0 Å². The number of rotatable bonds is 4. The second-order valence-electron chi connectivity index (χ2n) is 6.33. The Morgan fingerprint density at radius 2 is 2.04 bits per heavy atom. The van der Waals surface area contributed by atoms with Crippen LogP contribution in [0.1, 0.15) is 32.3 Å². The number of nitrogens with zero attached hydrogens (tertiary/aromatic N) is 1. The summed E-state index contributed by atoms with van der Waals surface area (Å²) in [5.74, 6) is 0.548. The number of benzene rings is 1. The minimum absolute atomic E-state index is 0.180. The molecule has 1 aliphatic heterocycles. The van der Waals surface area contributed by atoms with Crippen molar-refractivity contribution in [3.8, 4) is 0 Å².